The zero-order chi connectivity index (χ0) is 14.7. The van der Waals surface area contributed by atoms with Crippen LogP contribution in [0, 0.1) is 6.92 Å². The topological polar surface area (TPSA) is 72.0 Å². The molecule has 0 bridgehead atoms. The first-order valence-electron chi connectivity index (χ1n) is 6.07. The van der Waals surface area contributed by atoms with Gasteiger partial charge in [-0.25, -0.2) is 9.59 Å². The number of aromatic amines is 1. The molecular formula is C14H13ClN2O3. The largest absolute Gasteiger partial charge is 0.462 e. The van der Waals surface area contributed by atoms with Gasteiger partial charge in [-0.3, -0.25) is 0 Å². The number of aryl methyl sites for hydroxylation is 1. The molecule has 1 aromatic heterocycles. The summed E-state index contributed by atoms with van der Waals surface area (Å²) in [4.78, 5) is 30.0. The third-order valence-electron chi connectivity index (χ3n) is 2.73. The molecule has 0 unspecified atom stereocenters. The highest BCUT2D eigenvalue weighted by Gasteiger charge is 2.21. The molecule has 6 heteroatoms. The van der Waals surface area contributed by atoms with Gasteiger partial charge in [0.2, 0.25) is 0 Å². The predicted octanol–water partition coefficient (Wildman–Crippen LogP) is 2.58. The van der Waals surface area contributed by atoms with Crippen LogP contribution in [-0.4, -0.2) is 22.5 Å². The van der Waals surface area contributed by atoms with Gasteiger partial charge in [-0.05, 0) is 19.9 Å². The summed E-state index contributed by atoms with van der Waals surface area (Å²) in [5.41, 5.74) is 0.838. The van der Waals surface area contributed by atoms with Crippen molar-refractivity contribution in [2.24, 2.45) is 0 Å². The Kier molecular flexibility index (Phi) is 4.20. The van der Waals surface area contributed by atoms with E-state index < -0.39 is 11.7 Å². The molecule has 2 aromatic rings. The number of esters is 1. The van der Waals surface area contributed by atoms with Crippen LogP contribution in [-0.2, 0) is 4.74 Å². The van der Waals surface area contributed by atoms with E-state index in [1.54, 1.807) is 38.1 Å². The van der Waals surface area contributed by atoms with E-state index in [1.165, 1.54) is 0 Å². The van der Waals surface area contributed by atoms with Crippen molar-refractivity contribution in [1.29, 1.82) is 0 Å². The zero-order valence-corrected chi connectivity index (χ0v) is 11.8. The summed E-state index contributed by atoms with van der Waals surface area (Å²) in [6, 6.07) is 6.89. The number of ether oxygens (including phenoxy) is 1. The normalized spacial score (nSPS) is 10.3. The molecular weight excluding hydrogens is 280 g/mol. The number of hydrogen-bond donors (Lipinski definition) is 1. The number of hydrogen-bond acceptors (Lipinski definition) is 4. The Bertz CT molecular complexity index is 710. The average Bonchev–Trinajstić information content (AvgIpc) is 2.38. The molecule has 1 aromatic carbocycles. The smallest absolute Gasteiger partial charge is 0.345 e. The van der Waals surface area contributed by atoms with Crippen molar-refractivity contribution >= 4 is 17.6 Å². The summed E-state index contributed by atoms with van der Waals surface area (Å²) in [6.07, 6.45) is 0. The molecule has 1 heterocycles. The molecule has 0 fully saturated rings. The quantitative estimate of drug-likeness (QED) is 0.883. The number of carbonyl (C=O) groups is 1. The van der Waals surface area contributed by atoms with Gasteiger partial charge in [-0.1, -0.05) is 29.8 Å². The minimum Gasteiger partial charge on any atom is -0.462 e. The Balaban J connectivity index is 2.72. The number of H-pyrrole nitrogens is 1. The van der Waals surface area contributed by atoms with Gasteiger partial charge in [0.1, 0.15) is 5.56 Å². The zero-order valence-electron chi connectivity index (χ0n) is 11.1. The summed E-state index contributed by atoms with van der Waals surface area (Å²) >= 11 is 6.11. The fraction of sp³-hybridized carbons (Fsp3) is 0.214. The SMILES string of the molecule is CCOC(=O)c1c(-c2ccccc2Cl)nc(=O)[nH]c1C. The fourth-order valence-corrected chi connectivity index (χ4v) is 2.11. The number of nitrogens with one attached hydrogen (secondary N) is 1. The Morgan fingerprint density at radius 1 is 1.40 bits per heavy atom. The third-order valence-corrected chi connectivity index (χ3v) is 3.06. The van der Waals surface area contributed by atoms with E-state index >= 15 is 0 Å². The van der Waals surface area contributed by atoms with Crippen molar-refractivity contribution in [1.82, 2.24) is 9.97 Å². The van der Waals surface area contributed by atoms with Gasteiger partial charge in [0, 0.05) is 16.3 Å². The first-order valence-corrected chi connectivity index (χ1v) is 6.45. The van der Waals surface area contributed by atoms with E-state index in [-0.39, 0.29) is 17.9 Å². The summed E-state index contributed by atoms with van der Waals surface area (Å²) < 4.78 is 5.01. The number of aromatic nitrogens is 2. The molecule has 0 radical (unpaired) electrons. The minimum atomic E-state index is -0.538. The Morgan fingerprint density at radius 2 is 2.10 bits per heavy atom. The van der Waals surface area contributed by atoms with Gasteiger partial charge in [0.25, 0.3) is 0 Å². The molecule has 20 heavy (non-hydrogen) atoms. The van der Waals surface area contributed by atoms with Gasteiger partial charge in [0.05, 0.1) is 12.3 Å². The van der Waals surface area contributed by atoms with Crippen LogP contribution in [0.5, 0.6) is 0 Å². The van der Waals surface area contributed by atoms with Crippen LogP contribution in [0.3, 0.4) is 0 Å². The van der Waals surface area contributed by atoms with Gasteiger partial charge in [-0.15, -0.1) is 0 Å². The molecule has 0 aliphatic carbocycles. The number of carbonyl (C=O) groups excluding carboxylic acids is 1. The molecule has 0 amide bonds. The van der Waals surface area contributed by atoms with Crippen molar-refractivity contribution in [2.75, 3.05) is 6.61 Å². The van der Waals surface area contributed by atoms with Crippen molar-refractivity contribution < 1.29 is 9.53 Å². The number of rotatable bonds is 3. The molecule has 0 aliphatic rings. The third kappa shape index (κ3) is 2.72. The van der Waals surface area contributed by atoms with Crippen LogP contribution in [0.2, 0.25) is 5.02 Å². The second-order valence-corrected chi connectivity index (χ2v) is 4.50. The number of nitrogens with zero attached hydrogens (tertiary/aromatic N) is 1. The highest BCUT2D eigenvalue weighted by molar-refractivity contribution is 6.33. The summed E-state index contributed by atoms with van der Waals surface area (Å²) in [6.45, 7) is 3.57. The molecule has 1 N–H and O–H groups in total. The molecule has 5 nitrogen and oxygen atoms in total. The molecule has 0 saturated heterocycles. The van der Waals surface area contributed by atoms with E-state index in [0.29, 0.717) is 16.3 Å². The molecule has 0 atom stereocenters. The lowest BCUT2D eigenvalue weighted by molar-refractivity contribution is 0.0525. The lowest BCUT2D eigenvalue weighted by Gasteiger charge is -2.11. The van der Waals surface area contributed by atoms with Crippen LogP contribution in [0.1, 0.15) is 23.0 Å². The summed E-state index contributed by atoms with van der Waals surface area (Å²) in [7, 11) is 0. The molecule has 2 rings (SSSR count). The second kappa shape index (κ2) is 5.88. The highest BCUT2D eigenvalue weighted by Crippen LogP contribution is 2.29. The van der Waals surface area contributed by atoms with Crippen LogP contribution in [0.25, 0.3) is 11.3 Å². The van der Waals surface area contributed by atoms with Crippen LogP contribution < -0.4 is 5.69 Å². The van der Waals surface area contributed by atoms with E-state index in [9.17, 15) is 9.59 Å². The van der Waals surface area contributed by atoms with E-state index in [1.807, 2.05) is 0 Å². The maximum absolute atomic E-state index is 12.1. The van der Waals surface area contributed by atoms with E-state index in [2.05, 4.69) is 9.97 Å². The maximum atomic E-state index is 12.1. The van der Waals surface area contributed by atoms with E-state index in [0.717, 1.165) is 0 Å². The molecule has 0 saturated carbocycles. The number of halogens is 1. The molecule has 0 aliphatic heterocycles. The molecule has 104 valence electrons. The average molecular weight is 293 g/mol. The lowest BCUT2D eigenvalue weighted by atomic mass is 10.0. The Labute approximate surface area is 120 Å². The lowest BCUT2D eigenvalue weighted by Crippen LogP contribution is -2.19. The minimum absolute atomic E-state index is 0.222. The number of benzene rings is 1. The van der Waals surface area contributed by atoms with E-state index in [4.69, 9.17) is 16.3 Å². The molecule has 0 spiro atoms. The Morgan fingerprint density at radius 3 is 2.75 bits per heavy atom. The fourth-order valence-electron chi connectivity index (χ4n) is 1.89. The van der Waals surface area contributed by atoms with Crippen LogP contribution in [0.15, 0.2) is 29.1 Å². The van der Waals surface area contributed by atoms with Crippen molar-refractivity contribution in [3.05, 3.63) is 51.0 Å². The van der Waals surface area contributed by atoms with Gasteiger partial charge >= 0.3 is 11.7 Å². The monoisotopic (exact) mass is 292 g/mol. The summed E-state index contributed by atoms with van der Waals surface area (Å²) in [5, 5.41) is 0.413. The van der Waals surface area contributed by atoms with Crippen molar-refractivity contribution in [3.63, 3.8) is 0 Å². The first kappa shape index (κ1) is 14.3. The second-order valence-electron chi connectivity index (χ2n) is 4.09. The van der Waals surface area contributed by atoms with Crippen LogP contribution in [0.4, 0.5) is 0 Å². The van der Waals surface area contributed by atoms with Crippen LogP contribution >= 0.6 is 11.6 Å². The standard InChI is InChI=1S/C14H13ClN2O3/c1-3-20-13(18)11-8(2)16-14(19)17-12(11)9-6-4-5-7-10(9)15/h4-7H,3H2,1-2H3,(H,16,17,19). The highest BCUT2D eigenvalue weighted by atomic mass is 35.5. The Hall–Kier alpha value is -2.14. The van der Waals surface area contributed by atoms with Gasteiger partial charge < -0.3 is 9.72 Å². The van der Waals surface area contributed by atoms with Gasteiger partial charge in [-0.2, -0.15) is 4.98 Å². The maximum Gasteiger partial charge on any atom is 0.345 e. The predicted molar refractivity (Wildman–Crippen MR) is 76.0 cm³/mol. The first-order chi connectivity index (χ1) is 9.54. The van der Waals surface area contributed by atoms with Gasteiger partial charge in [0.15, 0.2) is 0 Å². The van der Waals surface area contributed by atoms with Crippen molar-refractivity contribution in [2.45, 2.75) is 13.8 Å². The summed E-state index contributed by atoms with van der Waals surface area (Å²) in [5.74, 6) is -0.538. The van der Waals surface area contributed by atoms with Crippen molar-refractivity contribution in [3.8, 4) is 11.3 Å².